The van der Waals surface area contributed by atoms with Crippen molar-refractivity contribution in [3.63, 3.8) is 0 Å². The lowest BCUT2D eigenvalue weighted by Gasteiger charge is -2.20. The number of carboxylic acid groups (broad SMARTS) is 1. The van der Waals surface area contributed by atoms with Crippen LogP contribution in [0.2, 0.25) is 10.0 Å². The Labute approximate surface area is 121 Å². The lowest BCUT2D eigenvalue weighted by molar-refractivity contribution is -0.141. The molecule has 2 amide bonds. The summed E-state index contributed by atoms with van der Waals surface area (Å²) in [6.07, 6.45) is 0. The van der Waals surface area contributed by atoms with E-state index in [0.29, 0.717) is 15.7 Å². The van der Waals surface area contributed by atoms with E-state index in [2.05, 4.69) is 5.32 Å². The third kappa shape index (κ3) is 4.61. The normalized spacial score (nSPS) is 11.8. The Kier molecular flexibility index (Phi) is 5.44. The SMILES string of the molecule is CC(CN(C)C(=O)Nc1ccc(Cl)c(Cl)c1)C(=O)O. The molecule has 1 unspecified atom stereocenters. The Morgan fingerprint density at radius 2 is 2.00 bits per heavy atom. The maximum atomic E-state index is 11.8. The monoisotopic (exact) mass is 304 g/mol. The molecule has 0 aromatic heterocycles. The standard InChI is InChI=1S/C12H14Cl2N2O3/c1-7(11(17)18)6-16(2)12(19)15-8-3-4-9(13)10(14)5-8/h3-5,7H,6H2,1-2H3,(H,15,19)(H,17,18). The fourth-order valence-electron chi connectivity index (χ4n) is 1.36. The van der Waals surface area contributed by atoms with E-state index in [1.165, 1.54) is 24.9 Å². The highest BCUT2D eigenvalue weighted by Crippen LogP contribution is 2.25. The van der Waals surface area contributed by atoms with Gasteiger partial charge in [-0.15, -0.1) is 0 Å². The first-order valence-corrected chi connectivity index (χ1v) is 6.27. The number of halogens is 2. The molecular formula is C12H14Cl2N2O3. The third-order valence-corrected chi connectivity index (χ3v) is 3.23. The molecule has 104 valence electrons. The maximum absolute atomic E-state index is 11.8. The Hall–Kier alpha value is -1.46. The number of amides is 2. The van der Waals surface area contributed by atoms with Crippen molar-refractivity contribution in [3.05, 3.63) is 28.2 Å². The summed E-state index contributed by atoms with van der Waals surface area (Å²) >= 11 is 11.6. The number of anilines is 1. The second-order valence-corrected chi connectivity index (χ2v) is 4.99. The summed E-state index contributed by atoms with van der Waals surface area (Å²) in [5, 5.41) is 12.1. The number of rotatable bonds is 4. The highest BCUT2D eigenvalue weighted by atomic mass is 35.5. The molecule has 5 nitrogen and oxygen atoms in total. The molecule has 0 radical (unpaired) electrons. The summed E-state index contributed by atoms with van der Waals surface area (Å²) in [6, 6.07) is 4.29. The number of carboxylic acids is 1. The molecular weight excluding hydrogens is 291 g/mol. The van der Waals surface area contributed by atoms with Crippen molar-refractivity contribution in [2.24, 2.45) is 5.92 Å². The van der Waals surface area contributed by atoms with Gasteiger partial charge in [0.25, 0.3) is 0 Å². The Balaban J connectivity index is 2.63. The van der Waals surface area contributed by atoms with Crippen LogP contribution in [0.25, 0.3) is 0 Å². The zero-order valence-corrected chi connectivity index (χ0v) is 12.0. The first-order valence-electron chi connectivity index (χ1n) is 5.51. The minimum atomic E-state index is -0.950. The van der Waals surface area contributed by atoms with Gasteiger partial charge in [0, 0.05) is 19.3 Å². The number of carbonyl (C=O) groups excluding carboxylic acids is 1. The number of hydrogen-bond acceptors (Lipinski definition) is 2. The predicted molar refractivity (Wildman–Crippen MR) is 74.9 cm³/mol. The number of hydrogen-bond donors (Lipinski definition) is 2. The van der Waals surface area contributed by atoms with Gasteiger partial charge in [-0.05, 0) is 18.2 Å². The van der Waals surface area contributed by atoms with E-state index in [4.69, 9.17) is 28.3 Å². The van der Waals surface area contributed by atoms with Crippen LogP contribution in [-0.2, 0) is 4.79 Å². The first kappa shape index (κ1) is 15.6. The quantitative estimate of drug-likeness (QED) is 0.897. The number of benzene rings is 1. The molecule has 1 aromatic rings. The van der Waals surface area contributed by atoms with Gasteiger partial charge in [-0.25, -0.2) is 4.79 Å². The van der Waals surface area contributed by atoms with Crippen LogP contribution in [0.1, 0.15) is 6.92 Å². The lowest BCUT2D eigenvalue weighted by Crippen LogP contribution is -2.36. The second kappa shape index (κ2) is 6.63. The van der Waals surface area contributed by atoms with Gasteiger partial charge in [-0.2, -0.15) is 0 Å². The van der Waals surface area contributed by atoms with Gasteiger partial charge < -0.3 is 15.3 Å². The van der Waals surface area contributed by atoms with E-state index >= 15 is 0 Å². The zero-order valence-electron chi connectivity index (χ0n) is 10.5. The van der Waals surface area contributed by atoms with Crippen molar-refractivity contribution >= 4 is 40.9 Å². The fraction of sp³-hybridized carbons (Fsp3) is 0.333. The minimum Gasteiger partial charge on any atom is -0.481 e. The molecule has 0 bridgehead atoms. The predicted octanol–water partition coefficient (Wildman–Crippen LogP) is 3.18. The van der Waals surface area contributed by atoms with Gasteiger partial charge in [-0.3, -0.25) is 4.79 Å². The van der Waals surface area contributed by atoms with Gasteiger partial charge in [0.05, 0.1) is 16.0 Å². The van der Waals surface area contributed by atoms with E-state index in [1.54, 1.807) is 12.1 Å². The van der Waals surface area contributed by atoms with Crippen LogP contribution < -0.4 is 5.32 Å². The minimum absolute atomic E-state index is 0.114. The zero-order chi connectivity index (χ0) is 14.6. The van der Waals surface area contributed by atoms with E-state index in [1.807, 2.05) is 0 Å². The van der Waals surface area contributed by atoms with Crippen molar-refractivity contribution < 1.29 is 14.7 Å². The number of nitrogens with one attached hydrogen (secondary N) is 1. The topological polar surface area (TPSA) is 69.6 Å². The third-order valence-electron chi connectivity index (χ3n) is 2.49. The van der Waals surface area contributed by atoms with Crippen LogP contribution in [0, 0.1) is 5.92 Å². The van der Waals surface area contributed by atoms with Gasteiger partial charge in [0.1, 0.15) is 0 Å². The highest BCUT2D eigenvalue weighted by Gasteiger charge is 2.17. The first-order chi connectivity index (χ1) is 8.81. The Morgan fingerprint density at radius 3 is 2.53 bits per heavy atom. The van der Waals surface area contributed by atoms with Crippen LogP contribution in [-0.4, -0.2) is 35.6 Å². The average molecular weight is 305 g/mol. The second-order valence-electron chi connectivity index (χ2n) is 4.18. The highest BCUT2D eigenvalue weighted by molar-refractivity contribution is 6.42. The van der Waals surface area contributed by atoms with Crippen LogP contribution >= 0.6 is 23.2 Å². The lowest BCUT2D eigenvalue weighted by atomic mass is 10.2. The molecule has 2 N–H and O–H groups in total. The summed E-state index contributed by atoms with van der Waals surface area (Å²) < 4.78 is 0. The van der Waals surface area contributed by atoms with Crippen LogP contribution in [0.15, 0.2) is 18.2 Å². The molecule has 1 aromatic carbocycles. The summed E-state index contributed by atoms with van der Waals surface area (Å²) in [4.78, 5) is 23.8. The molecule has 19 heavy (non-hydrogen) atoms. The molecule has 0 spiro atoms. The summed E-state index contributed by atoms with van der Waals surface area (Å²) in [6.45, 7) is 1.65. The summed E-state index contributed by atoms with van der Waals surface area (Å²) in [7, 11) is 1.52. The van der Waals surface area contributed by atoms with E-state index in [-0.39, 0.29) is 6.54 Å². The molecule has 7 heteroatoms. The number of carbonyl (C=O) groups is 2. The van der Waals surface area contributed by atoms with E-state index in [0.717, 1.165) is 0 Å². The Bertz CT molecular complexity index is 494. The molecule has 0 aliphatic carbocycles. The molecule has 0 saturated heterocycles. The fourth-order valence-corrected chi connectivity index (χ4v) is 1.66. The van der Waals surface area contributed by atoms with Crippen molar-refractivity contribution in [1.82, 2.24) is 4.90 Å². The molecule has 1 atom stereocenters. The molecule has 1 rings (SSSR count). The van der Waals surface area contributed by atoms with Gasteiger partial charge in [-0.1, -0.05) is 30.1 Å². The number of urea groups is 1. The summed E-state index contributed by atoms with van der Waals surface area (Å²) in [5.74, 6) is -1.58. The van der Waals surface area contributed by atoms with Crippen molar-refractivity contribution in [2.45, 2.75) is 6.92 Å². The number of nitrogens with zero attached hydrogens (tertiary/aromatic N) is 1. The molecule has 0 heterocycles. The van der Waals surface area contributed by atoms with Crippen molar-refractivity contribution in [1.29, 1.82) is 0 Å². The van der Waals surface area contributed by atoms with Gasteiger partial charge in [0.2, 0.25) is 0 Å². The van der Waals surface area contributed by atoms with Crippen LogP contribution in [0.3, 0.4) is 0 Å². The van der Waals surface area contributed by atoms with Crippen LogP contribution in [0.5, 0.6) is 0 Å². The molecule has 0 fully saturated rings. The van der Waals surface area contributed by atoms with Crippen molar-refractivity contribution in [2.75, 3.05) is 18.9 Å². The summed E-state index contributed by atoms with van der Waals surface area (Å²) in [5.41, 5.74) is 0.495. The number of aliphatic carboxylic acids is 1. The molecule has 0 saturated carbocycles. The van der Waals surface area contributed by atoms with E-state index in [9.17, 15) is 9.59 Å². The molecule has 0 aliphatic heterocycles. The maximum Gasteiger partial charge on any atom is 0.321 e. The Morgan fingerprint density at radius 1 is 1.37 bits per heavy atom. The largest absolute Gasteiger partial charge is 0.481 e. The smallest absolute Gasteiger partial charge is 0.321 e. The van der Waals surface area contributed by atoms with Crippen LogP contribution in [0.4, 0.5) is 10.5 Å². The van der Waals surface area contributed by atoms with E-state index < -0.39 is 17.9 Å². The van der Waals surface area contributed by atoms with Gasteiger partial charge >= 0.3 is 12.0 Å². The van der Waals surface area contributed by atoms with Gasteiger partial charge in [0.15, 0.2) is 0 Å². The molecule has 0 aliphatic rings. The average Bonchev–Trinajstić information content (AvgIpc) is 2.33. The van der Waals surface area contributed by atoms with Crippen molar-refractivity contribution in [3.8, 4) is 0 Å².